The largest absolute Gasteiger partial charge is 1.00 e. The first-order chi connectivity index (χ1) is 26.0. The molecule has 0 radical (unpaired) electrons. The van der Waals surface area contributed by atoms with Gasteiger partial charge < -0.3 is 42.4 Å². The number of unbranched alkanes of at least 4 members (excludes halogenated alkanes) is 12. The average Bonchev–Trinajstić information content (AvgIpc) is 3.14. The van der Waals surface area contributed by atoms with E-state index < -0.39 is 10.4 Å². The molecule has 0 saturated carbocycles. The molecule has 0 aliphatic rings. The van der Waals surface area contributed by atoms with Crippen molar-refractivity contribution in [3.63, 3.8) is 0 Å². The first kappa shape index (κ1) is 53.6. The van der Waals surface area contributed by atoms with E-state index in [1.807, 2.05) is 0 Å². The minimum absolute atomic E-state index is 0. The van der Waals surface area contributed by atoms with Crippen molar-refractivity contribution < 1.29 is 84.6 Å². The molecule has 0 unspecified atom stereocenters. The topological polar surface area (TPSA) is 140 Å². The van der Waals surface area contributed by atoms with Crippen LogP contribution in [0.15, 0.2) is 18.2 Å². The Labute approximate surface area is 350 Å². The van der Waals surface area contributed by atoms with Gasteiger partial charge in [-0.25, -0.2) is 8.42 Å². The Balaban J connectivity index is 0.0000281. The maximum atomic E-state index is 10.3. The van der Waals surface area contributed by atoms with E-state index in [0.717, 1.165) is 18.6 Å². The molecule has 0 saturated heterocycles. The third kappa shape index (κ3) is 37.2. The fourth-order valence-corrected chi connectivity index (χ4v) is 5.78. The number of rotatable bonds is 42. The van der Waals surface area contributed by atoms with Gasteiger partial charge in [0.05, 0.1) is 99.1 Å². The number of aryl methyl sites for hydroxylation is 2. The summed E-state index contributed by atoms with van der Waals surface area (Å²) in [7, 11) is -4.67. The van der Waals surface area contributed by atoms with Crippen molar-refractivity contribution in [1.82, 2.24) is 0 Å². The van der Waals surface area contributed by atoms with Crippen molar-refractivity contribution in [2.75, 3.05) is 106 Å². The Morgan fingerprint density at radius 3 is 1.22 bits per heavy atom. The molecule has 0 spiro atoms. The van der Waals surface area contributed by atoms with Gasteiger partial charge >= 0.3 is 29.6 Å². The Bertz CT molecular complexity index is 1030. The molecule has 312 valence electrons. The third-order valence-electron chi connectivity index (χ3n) is 8.42. The molecule has 1 rings (SSSR count). The summed E-state index contributed by atoms with van der Waals surface area (Å²) in [6, 6.07) is 6.82. The fourth-order valence-electron chi connectivity index (χ4n) is 5.51. The number of hydrogen-bond acceptors (Lipinski definition) is 12. The van der Waals surface area contributed by atoms with Crippen LogP contribution in [0.3, 0.4) is 0 Å². The quantitative estimate of drug-likeness (QED) is 0.0405. The van der Waals surface area contributed by atoms with Gasteiger partial charge in [-0.1, -0.05) is 103 Å². The Morgan fingerprint density at radius 2 is 0.815 bits per heavy atom. The molecule has 1 aromatic carbocycles. The number of hydrogen-bond donors (Lipinski definition) is 0. The van der Waals surface area contributed by atoms with Gasteiger partial charge in [0, 0.05) is 0 Å². The minimum Gasteiger partial charge on any atom is -0.726 e. The molecular formula is C40H73NaO12S. The summed E-state index contributed by atoms with van der Waals surface area (Å²) in [6.45, 7) is 10.5. The standard InChI is InChI=1S/C40H74O12S.Na/c1-3-5-7-9-11-13-15-17-38-19-20-40(39(37-38)18-16-14-12-10-8-6-4-2)51-35-33-49-31-29-47-27-25-45-23-21-44-22-24-46-26-28-48-30-32-50-34-36-52-53(41,42)43;/h19-20,37H,3-18,21-36H2,1-2H3,(H,41,42,43);/q;+1/p-1. The molecule has 0 aliphatic heterocycles. The van der Waals surface area contributed by atoms with E-state index in [-0.39, 0.29) is 49.4 Å². The Morgan fingerprint density at radius 1 is 0.463 bits per heavy atom. The zero-order valence-corrected chi connectivity index (χ0v) is 37.0. The molecule has 0 heterocycles. The first-order valence-corrected chi connectivity index (χ1v) is 21.7. The molecule has 0 atom stereocenters. The molecule has 12 nitrogen and oxygen atoms in total. The van der Waals surface area contributed by atoms with Crippen LogP contribution < -0.4 is 34.3 Å². The summed E-state index contributed by atoms with van der Waals surface area (Å²) in [6.07, 6.45) is 20.8. The zero-order chi connectivity index (χ0) is 38.3. The third-order valence-corrected chi connectivity index (χ3v) is 8.87. The zero-order valence-electron chi connectivity index (χ0n) is 34.2. The monoisotopic (exact) mass is 800 g/mol. The van der Waals surface area contributed by atoms with Gasteiger partial charge in [0.1, 0.15) is 12.4 Å². The fraction of sp³-hybridized carbons (Fsp3) is 0.850. The van der Waals surface area contributed by atoms with Crippen LogP contribution in [0.1, 0.15) is 115 Å². The van der Waals surface area contributed by atoms with Crippen molar-refractivity contribution >= 4 is 10.4 Å². The van der Waals surface area contributed by atoms with E-state index >= 15 is 0 Å². The van der Waals surface area contributed by atoms with E-state index in [1.54, 1.807) is 0 Å². The molecule has 0 aliphatic carbocycles. The van der Waals surface area contributed by atoms with Gasteiger partial charge in [0.2, 0.25) is 10.4 Å². The molecule has 54 heavy (non-hydrogen) atoms. The predicted molar refractivity (Wildman–Crippen MR) is 207 cm³/mol. The SMILES string of the molecule is CCCCCCCCCc1ccc(OCCOCCOCCOCCOCCOCCOCCOCCOS(=O)(=O)[O-])c(CCCCCCCCC)c1.[Na+]. The Kier molecular flexibility index (Phi) is 40.5. The van der Waals surface area contributed by atoms with E-state index in [9.17, 15) is 13.0 Å². The molecule has 0 fully saturated rings. The summed E-state index contributed by atoms with van der Waals surface area (Å²) in [5.74, 6) is 1.00. The van der Waals surface area contributed by atoms with Crippen LogP contribution in [0.2, 0.25) is 0 Å². The minimum atomic E-state index is -4.67. The number of benzene rings is 1. The van der Waals surface area contributed by atoms with Crippen LogP contribution in [0.4, 0.5) is 0 Å². The van der Waals surface area contributed by atoms with E-state index in [2.05, 4.69) is 36.2 Å². The smallest absolute Gasteiger partial charge is 0.726 e. The van der Waals surface area contributed by atoms with Crippen LogP contribution in [-0.2, 0) is 60.6 Å². The van der Waals surface area contributed by atoms with E-state index in [0.29, 0.717) is 85.9 Å². The van der Waals surface area contributed by atoms with Crippen molar-refractivity contribution in [3.8, 4) is 5.75 Å². The summed E-state index contributed by atoms with van der Waals surface area (Å²) in [5.41, 5.74) is 2.78. The van der Waals surface area contributed by atoms with Crippen molar-refractivity contribution in [1.29, 1.82) is 0 Å². The van der Waals surface area contributed by atoms with Gasteiger partial charge in [-0.3, -0.25) is 4.18 Å². The van der Waals surface area contributed by atoms with Crippen molar-refractivity contribution in [3.05, 3.63) is 29.3 Å². The molecular weight excluding hydrogens is 727 g/mol. The second-order valence-electron chi connectivity index (χ2n) is 13.1. The van der Waals surface area contributed by atoms with Gasteiger partial charge in [-0.15, -0.1) is 0 Å². The summed E-state index contributed by atoms with van der Waals surface area (Å²) in [5, 5.41) is 0. The molecule has 0 amide bonds. The van der Waals surface area contributed by atoms with Crippen molar-refractivity contribution in [2.24, 2.45) is 0 Å². The molecule has 1 aromatic rings. The summed E-state index contributed by atoms with van der Waals surface area (Å²) >= 11 is 0. The average molecular weight is 801 g/mol. The normalized spacial score (nSPS) is 11.6. The predicted octanol–water partition coefficient (Wildman–Crippen LogP) is 4.25. The van der Waals surface area contributed by atoms with Crippen LogP contribution >= 0.6 is 0 Å². The maximum Gasteiger partial charge on any atom is 1.00 e. The summed E-state index contributed by atoms with van der Waals surface area (Å²) in [4.78, 5) is 0. The van der Waals surface area contributed by atoms with Crippen LogP contribution in [0, 0.1) is 0 Å². The van der Waals surface area contributed by atoms with E-state index in [1.165, 1.54) is 101 Å². The van der Waals surface area contributed by atoms with Crippen molar-refractivity contribution in [2.45, 2.75) is 117 Å². The van der Waals surface area contributed by atoms with Gasteiger partial charge in [-0.05, 0) is 42.9 Å². The molecule has 0 aromatic heterocycles. The maximum absolute atomic E-state index is 10.3. The van der Waals surface area contributed by atoms with Gasteiger partial charge in [0.15, 0.2) is 0 Å². The molecule has 14 heteroatoms. The number of ether oxygens (including phenoxy) is 8. The summed E-state index contributed by atoms with van der Waals surface area (Å²) < 4.78 is 79.2. The van der Waals surface area contributed by atoms with Gasteiger partial charge in [-0.2, -0.15) is 0 Å². The first-order valence-electron chi connectivity index (χ1n) is 20.3. The Hall–Kier alpha value is -0.390. The van der Waals surface area contributed by atoms with Gasteiger partial charge in [0.25, 0.3) is 0 Å². The second-order valence-corrected chi connectivity index (χ2v) is 14.1. The molecule has 0 bridgehead atoms. The molecule has 0 N–H and O–H groups in total. The van der Waals surface area contributed by atoms with Crippen LogP contribution in [0.5, 0.6) is 5.75 Å². The van der Waals surface area contributed by atoms with Crippen LogP contribution in [0.25, 0.3) is 0 Å². The second kappa shape index (κ2) is 40.8. The van der Waals surface area contributed by atoms with Crippen LogP contribution in [-0.4, -0.2) is 119 Å². The van der Waals surface area contributed by atoms with E-state index in [4.69, 9.17) is 37.9 Å².